The number of hydrogen-bond acceptors (Lipinski definition) is 6. The first-order valence-electron chi connectivity index (χ1n) is 7.86. The summed E-state index contributed by atoms with van der Waals surface area (Å²) in [5.74, 6) is -1.21. The quantitative estimate of drug-likeness (QED) is 0.643. The molecule has 0 atom stereocenters. The molecule has 0 saturated carbocycles. The van der Waals surface area contributed by atoms with Crippen molar-refractivity contribution in [3.63, 3.8) is 0 Å². The summed E-state index contributed by atoms with van der Waals surface area (Å²) in [4.78, 5) is 34.5. The zero-order chi connectivity index (χ0) is 19.4. The van der Waals surface area contributed by atoms with Crippen molar-refractivity contribution in [1.82, 2.24) is 9.97 Å². The average Bonchev–Trinajstić information content (AvgIpc) is 3.24. The van der Waals surface area contributed by atoms with Gasteiger partial charge in [0.1, 0.15) is 5.82 Å². The summed E-state index contributed by atoms with van der Waals surface area (Å²) < 4.78 is 14.1. The van der Waals surface area contributed by atoms with E-state index >= 15 is 0 Å². The molecule has 0 fully saturated rings. The van der Waals surface area contributed by atoms with Crippen molar-refractivity contribution >= 4 is 56.5 Å². The van der Waals surface area contributed by atoms with Crippen molar-refractivity contribution in [1.29, 1.82) is 0 Å². The van der Waals surface area contributed by atoms with Gasteiger partial charge in [0.05, 0.1) is 11.4 Å². The molecule has 6 nitrogen and oxygen atoms in total. The van der Waals surface area contributed by atoms with Crippen molar-refractivity contribution < 1.29 is 14.0 Å². The minimum atomic E-state index is -0.516. The second-order valence-electron chi connectivity index (χ2n) is 5.46. The number of anilines is 3. The second kappa shape index (κ2) is 8.19. The van der Waals surface area contributed by atoms with Crippen LogP contribution in [0.2, 0.25) is 0 Å². The molecule has 1 aromatic carbocycles. The van der Waals surface area contributed by atoms with Crippen molar-refractivity contribution in [3.8, 4) is 0 Å². The molecule has 0 aliphatic carbocycles. The molecule has 2 amide bonds. The molecule has 27 heavy (non-hydrogen) atoms. The van der Waals surface area contributed by atoms with Crippen LogP contribution in [0.25, 0.3) is 6.08 Å². The molecule has 1 N–H and O–H groups in total. The largest absolute Gasteiger partial charge is 0.298 e. The van der Waals surface area contributed by atoms with E-state index in [1.54, 1.807) is 23.7 Å². The first-order valence-corrected chi connectivity index (χ1v) is 9.56. The SMILES string of the molecule is CC(=O)N(c1nc(C=CC(=O)Nc2ncc(C)s2)cs1)c1ccccc1F. The summed E-state index contributed by atoms with van der Waals surface area (Å²) in [5.41, 5.74) is 0.620. The number of aromatic nitrogens is 2. The van der Waals surface area contributed by atoms with Crippen LogP contribution >= 0.6 is 22.7 Å². The number of hydrogen-bond donors (Lipinski definition) is 1. The number of nitrogens with zero attached hydrogens (tertiary/aromatic N) is 3. The Morgan fingerprint density at radius 1 is 1.30 bits per heavy atom. The number of thiazole rings is 2. The van der Waals surface area contributed by atoms with Crippen molar-refractivity contribution in [2.24, 2.45) is 0 Å². The predicted octanol–water partition coefficient (Wildman–Crippen LogP) is 4.38. The van der Waals surface area contributed by atoms with Gasteiger partial charge in [-0.1, -0.05) is 12.1 Å². The lowest BCUT2D eigenvalue weighted by Crippen LogP contribution is -2.23. The van der Waals surface area contributed by atoms with Crippen LogP contribution in [0, 0.1) is 12.7 Å². The number of aryl methyl sites for hydroxylation is 1. The van der Waals surface area contributed by atoms with Gasteiger partial charge in [-0.2, -0.15) is 0 Å². The third-order valence-corrected chi connectivity index (χ3v) is 5.04. The molecule has 0 aliphatic heterocycles. The van der Waals surface area contributed by atoms with Crippen LogP contribution in [-0.4, -0.2) is 21.8 Å². The molecular formula is C18H15FN4O2S2. The Kier molecular flexibility index (Phi) is 5.72. The van der Waals surface area contributed by atoms with Crippen molar-refractivity contribution in [2.45, 2.75) is 13.8 Å². The minimum absolute atomic E-state index is 0.131. The Labute approximate surface area is 163 Å². The van der Waals surface area contributed by atoms with Gasteiger partial charge in [0.2, 0.25) is 11.8 Å². The highest BCUT2D eigenvalue weighted by Gasteiger charge is 2.20. The monoisotopic (exact) mass is 402 g/mol. The molecule has 2 heterocycles. The standard InChI is InChI=1S/C18H15FN4O2S2/c1-11-9-20-17(27-11)22-16(25)8-7-13-10-26-18(21-13)23(12(2)24)15-6-4-3-5-14(15)19/h3-10H,1-2H3,(H,20,22,25). The number of carbonyl (C=O) groups excluding carboxylic acids is 2. The van der Waals surface area contributed by atoms with Gasteiger partial charge in [-0.25, -0.2) is 14.4 Å². The molecule has 0 unspecified atom stereocenters. The fraction of sp³-hybridized carbons (Fsp3) is 0.111. The van der Waals surface area contributed by atoms with Crippen LogP contribution in [0.15, 0.2) is 41.9 Å². The molecule has 0 spiro atoms. The van der Waals surface area contributed by atoms with E-state index in [1.165, 1.54) is 58.8 Å². The zero-order valence-corrected chi connectivity index (χ0v) is 16.1. The Hall–Kier alpha value is -2.91. The third-order valence-electron chi connectivity index (χ3n) is 3.37. The van der Waals surface area contributed by atoms with E-state index in [-0.39, 0.29) is 17.5 Å². The van der Waals surface area contributed by atoms with Gasteiger partial charge in [0.25, 0.3) is 0 Å². The summed E-state index contributed by atoms with van der Waals surface area (Å²) in [5, 5.41) is 5.18. The van der Waals surface area contributed by atoms with E-state index < -0.39 is 5.82 Å². The van der Waals surface area contributed by atoms with Gasteiger partial charge in [0, 0.05) is 29.5 Å². The molecule has 138 valence electrons. The Morgan fingerprint density at radius 2 is 2.07 bits per heavy atom. The van der Waals surface area contributed by atoms with Gasteiger partial charge < -0.3 is 0 Å². The summed E-state index contributed by atoms with van der Waals surface area (Å²) in [6.45, 7) is 3.24. The fourth-order valence-corrected chi connectivity index (χ4v) is 3.73. The lowest BCUT2D eigenvalue weighted by Gasteiger charge is -2.18. The van der Waals surface area contributed by atoms with Gasteiger partial charge in [-0.05, 0) is 25.1 Å². The number of carbonyl (C=O) groups is 2. The molecule has 3 aromatic rings. The van der Waals surface area contributed by atoms with E-state index in [0.717, 1.165) is 4.88 Å². The van der Waals surface area contributed by atoms with Gasteiger partial charge in [-0.3, -0.25) is 19.8 Å². The van der Waals surface area contributed by atoms with Gasteiger partial charge >= 0.3 is 0 Å². The van der Waals surface area contributed by atoms with Crippen LogP contribution in [-0.2, 0) is 9.59 Å². The molecule has 9 heteroatoms. The number of halogens is 1. The molecule has 0 bridgehead atoms. The number of benzene rings is 1. The first kappa shape index (κ1) is 18.9. The smallest absolute Gasteiger partial charge is 0.250 e. The lowest BCUT2D eigenvalue weighted by molar-refractivity contribution is -0.116. The first-order chi connectivity index (χ1) is 12.9. The highest BCUT2D eigenvalue weighted by atomic mass is 32.1. The highest BCUT2D eigenvalue weighted by molar-refractivity contribution is 7.15. The molecular weight excluding hydrogens is 387 g/mol. The third kappa shape index (κ3) is 4.63. The summed E-state index contributed by atoms with van der Waals surface area (Å²) in [6.07, 6.45) is 4.53. The Bertz CT molecular complexity index is 1010. The van der Waals surface area contributed by atoms with E-state index in [4.69, 9.17) is 0 Å². The predicted molar refractivity (Wildman–Crippen MR) is 106 cm³/mol. The van der Waals surface area contributed by atoms with Crippen molar-refractivity contribution in [3.05, 3.63) is 58.3 Å². The van der Waals surface area contributed by atoms with E-state index in [1.807, 2.05) is 6.92 Å². The molecule has 0 aliphatic rings. The Morgan fingerprint density at radius 3 is 2.74 bits per heavy atom. The van der Waals surface area contributed by atoms with E-state index in [2.05, 4.69) is 15.3 Å². The van der Waals surface area contributed by atoms with Gasteiger partial charge in [-0.15, -0.1) is 22.7 Å². The Balaban J connectivity index is 1.75. The number of para-hydroxylation sites is 1. The van der Waals surface area contributed by atoms with Crippen LogP contribution in [0.4, 0.5) is 20.3 Å². The van der Waals surface area contributed by atoms with Crippen LogP contribution in [0.1, 0.15) is 17.5 Å². The maximum atomic E-state index is 14.1. The second-order valence-corrected chi connectivity index (χ2v) is 7.53. The average molecular weight is 402 g/mol. The number of amides is 2. The summed E-state index contributed by atoms with van der Waals surface area (Å²) in [6, 6.07) is 5.99. The minimum Gasteiger partial charge on any atom is -0.298 e. The summed E-state index contributed by atoms with van der Waals surface area (Å²) in [7, 11) is 0. The van der Waals surface area contributed by atoms with Gasteiger partial charge in [0.15, 0.2) is 10.3 Å². The van der Waals surface area contributed by atoms with E-state index in [9.17, 15) is 14.0 Å². The topological polar surface area (TPSA) is 75.2 Å². The van der Waals surface area contributed by atoms with Crippen LogP contribution in [0.3, 0.4) is 0 Å². The molecule has 0 radical (unpaired) electrons. The zero-order valence-electron chi connectivity index (χ0n) is 14.5. The van der Waals surface area contributed by atoms with Crippen LogP contribution in [0.5, 0.6) is 0 Å². The molecule has 0 saturated heterocycles. The summed E-state index contributed by atoms with van der Waals surface area (Å²) >= 11 is 2.56. The molecule has 2 aromatic heterocycles. The fourth-order valence-electron chi connectivity index (χ4n) is 2.22. The normalized spacial score (nSPS) is 10.9. The molecule has 3 rings (SSSR count). The maximum Gasteiger partial charge on any atom is 0.250 e. The van der Waals surface area contributed by atoms with Crippen molar-refractivity contribution in [2.75, 3.05) is 10.2 Å². The number of rotatable bonds is 5. The highest BCUT2D eigenvalue weighted by Crippen LogP contribution is 2.31. The maximum absolute atomic E-state index is 14.1. The lowest BCUT2D eigenvalue weighted by atomic mass is 10.3. The number of nitrogens with one attached hydrogen (secondary N) is 1. The van der Waals surface area contributed by atoms with Crippen LogP contribution < -0.4 is 10.2 Å². The van der Waals surface area contributed by atoms with E-state index in [0.29, 0.717) is 16.0 Å².